The Balaban J connectivity index is 4.90. The summed E-state index contributed by atoms with van der Waals surface area (Å²) in [7, 11) is 0. The summed E-state index contributed by atoms with van der Waals surface area (Å²) in [6.07, 6.45) is 24.9. The van der Waals surface area contributed by atoms with Crippen molar-refractivity contribution in [2.45, 2.75) is 184 Å². The molecule has 0 radical (unpaired) electrons. The van der Waals surface area contributed by atoms with E-state index in [0.717, 1.165) is 75.8 Å². The molecule has 0 aromatic carbocycles. The van der Waals surface area contributed by atoms with E-state index in [4.69, 9.17) is 11.3 Å². The first-order valence-corrected chi connectivity index (χ1v) is 22.2. The third kappa shape index (κ3) is 30.5. The zero-order valence-electron chi connectivity index (χ0n) is 29.4. The van der Waals surface area contributed by atoms with Crippen molar-refractivity contribution in [1.29, 1.82) is 0 Å². The van der Waals surface area contributed by atoms with Gasteiger partial charge in [-0.3, -0.25) is 0 Å². The molecule has 0 aromatic heterocycles. The maximum absolute atomic E-state index is 6.58. The Bertz CT molecular complexity index is 430. The van der Waals surface area contributed by atoms with E-state index in [-0.39, 0.29) is 0 Å². The monoisotopic (exact) mass is 662 g/mol. The van der Waals surface area contributed by atoms with Crippen molar-refractivity contribution in [2.24, 2.45) is 23.7 Å². The van der Waals surface area contributed by atoms with Crippen molar-refractivity contribution in [3.63, 3.8) is 0 Å². The first kappa shape index (κ1) is 41.7. The molecule has 0 bridgehead atoms. The Kier molecular flexibility index (Phi) is 30.0. The van der Waals surface area contributed by atoms with Crippen LogP contribution >= 0.6 is 0 Å². The average Bonchev–Trinajstić information content (AvgIpc) is 2.90. The van der Waals surface area contributed by atoms with Crippen LogP contribution in [0.1, 0.15) is 184 Å². The van der Waals surface area contributed by atoms with Gasteiger partial charge in [0.1, 0.15) is 0 Å². The van der Waals surface area contributed by atoms with Gasteiger partial charge in [0.15, 0.2) is 0 Å². The van der Waals surface area contributed by atoms with Crippen LogP contribution in [0.4, 0.5) is 0 Å². The van der Waals surface area contributed by atoms with Crippen LogP contribution in [0.25, 0.3) is 0 Å². The van der Waals surface area contributed by atoms with Gasteiger partial charge in [0.05, 0.1) is 0 Å². The van der Waals surface area contributed by atoms with Crippen LogP contribution in [0, 0.1) is 23.7 Å². The van der Waals surface area contributed by atoms with E-state index in [1.807, 2.05) is 0 Å². The molecule has 0 fully saturated rings. The molecular weight excluding hydrogens is 588 g/mol. The average molecular weight is 664 g/mol. The normalized spacial score (nSPS) is 12.6. The van der Waals surface area contributed by atoms with E-state index in [2.05, 4.69) is 55.4 Å². The predicted molar refractivity (Wildman–Crippen MR) is 175 cm³/mol. The maximum atomic E-state index is 6.58. The Morgan fingerprint density at radius 1 is 0.293 bits per heavy atom. The molecule has 0 N–H and O–H groups in total. The second-order valence-electron chi connectivity index (χ2n) is 14.3. The summed E-state index contributed by atoms with van der Waals surface area (Å²) in [6.45, 7) is 21.4. The van der Waals surface area contributed by atoms with E-state index < -0.39 is 22.0 Å². The standard InChI is InChI=1S/4C9H19O.Zr/c4*1-9(2)7-5-3-4-6-8-10;/h4*9H,3-8H2,1-2H3;/q4*-1;+4. The molecule has 0 unspecified atom stereocenters. The first-order valence-electron chi connectivity index (χ1n) is 18.2. The molecule has 0 saturated carbocycles. The molecule has 0 aromatic rings. The van der Waals surface area contributed by atoms with Gasteiger partial charge in [0, 0.05) is 0 Å². The molecule has 0 aliphatic rings. The van der Waals surface area contributed by atoms with Crippen LogP contribution in [-0.4, -0.2) is 26.4 Å². The predicted octanol–water partition coefficient (Wildman–Crippen LogP) is 12.3. The van der Waals surface area contributed by atoms with Crippen LogP contribution in [0.3, 0.4) is 0 Å². The molecule has 41 heavy (non-hydrogen) atoms. The second kappa shape index (κ2) is 29.4. The summed E-state index contributed by atoms with van der Waals surface area (Å²) < 4.78 is 26.3. The fraction of sp³-hybridized carbons (Fsp3) is 1.00. The molecule has 0 amide bonds. The van der Waals surface area contributed by atoms with Gasteiger partial charge < -0.3 is 0 Å². The molecule has 0 spiro atoms. The summed E-state index contributed by atoms with van der Waals surface area (Å²) in [5.41, 5.74) is 0. The van der Waals surface area contributed by atoms with Crippen molar-refractivity contribution in [2.75, 3.05) is 26.4 Å². The van der Waals surface area contributed by atoms with E-state index in [1.54, 1.807) is 0 Å². The van der Waals surface area contributed by atoms with Crippen molar-refractivity contribution in [3.8, 4) is 0 Å². The van der Waals surface area contributed by atoms with Gasteiger partial charge in [-0.1, -0.05) is 0 Å². The Hall–Kier alpha value is 0.723. The molecular formula is C36H76O4Zr. The van der Waals surface area contributed by atoms with Gasteiger partial charge in [-0.2, -0.15) is 0 Å². The minimum absolute atomic E-state index is 0.717. The number of unbranched alkanes of at least 4 members (excludes halogenated alkanes) is 12. The fourth-order valence-electron chi connectivity index (χ4n) is 5.07. The van der Waals surface area contributed by atoms with Crippen molar-refractivity contribution in [1.82, 2.24) is 0 Å². The fourth-order valence-corrected chi connectivity index (χ4v) is 10.2. The van der Waals surface area contributed by atoms with Gasteiger partial charge in [-0.05, 0) is 0 Å². The van der Waals surface area contributed by atoms with E-state index >= 15 is 0 Å². The van der Waals surface area contributed by atoms with Crippen molar-refractivity contribution in [3.05, 3.63) is 0 Å². The number of rotatable bonds is 32. The van der Waals surface area contributed by atoms with Crippen molar-refractivity contribution >= 4 is 0 Å². The first-order chi connectivity index (χ1) is 19.7. The number of hydrogen-bond donors (Lipinski definition) is 0. The SMILES string of the molecule is CC(C)CCCCCC[O][Zr]([O]CCCCCCC(C)C)([O]CCCCCCC(C)C)[O]CCCCCCC(C)C. The molecule has 0 rings (SSSR count). The number of hydrogen-bond acceptors (Lipinski definition) is 4. The van der Waals surface area contributed by atoms with E-state index in [0.29, 0.717) is 0 Å². The van der Waals surface area contributed by atoms with Crippen LogP contribution < -0.4 is 0 Å². The van der Waals surface area contributed by atoms with Crippen LogP contribution in [-0.2, 0) is 33.3 Å². The quantitative estimate of drug-likeness (QED) is 0.0671. The summed E-state index contributed by atoms with van der Waals surface area (Å²) in [5.74, 6) is 3.19. The van der Waals surface area contributed by atoms with Gasteiger partial charge in [-0.15, -0.1) is 0 Å². The molecule has 5 heteroatoms. The Morgan fingerprint density at radius 3 is 0.683 bits per heavy atom. The molecule has 0 aliphatic carbocycles. The van der Waals surface area contributed by atoms with E-state index in [1.165, 1.54) is 103 Å². The summed E-state index contributed by atoms with van der Waals surface area (Å²) in [6, 6.07) is 0. The van der Waals surface area contributed by atoms with Crippen LogP contribution in [0.2, 0.25) is 0 Å². The summed E-state index contributed by atoms with van der Waals surface area (Å²) in [5, 5.41) is 0. The Labute approximate surface area is 266 Å². The second-order valence-corrected chi connectivity index (χ2v) is 19.6. The van der Waals surface area contributed by atoms with Crippen molar-refractivity contribution < 1.29 is 33.3 Å². The van der Waals surface area contributed by atoms with Gasteiger partial charge in [0.25, 0.3) is 0 Å². The van der Waals surface area contributed by atoms with Gasteiger partial charge in [0.2, 0.25) is 0 Å². The summed E-state index contributed by atoms with van der Waals surface area (Å²) >= 11 is -4.06. The van der Waals surface area contributed by atoms with Gasteiger partial charge >= 0.3 is 267 Å². The molecule has 0 atom stereocenters. The minimum atomic E-state index is -4.06. The van der Waals surface area contributed by atoms with Gasteiger partial charge in [-0.25, -0.2) is 0 Å². The molecule has 4 nitrogen and oxygen atoms in total. The topological polar surface area (TPSA) is 36.9 Å². The van der Waals surface area contributed by atoms with Crippen LogP contribution in [0.5, 0.6) is 0 Å². The zero-order valence-corrected chi connectivity index (χ0v) is 31.9. The zero-order chi connectivity index (χ0) is 30.6. The van der Waals surface area contributed by atoms with Crippen LogP contribution in [0.15, 0.2) is 0 Å². The molecule has 0 aliphatic heterocycles. The third-order valence-corrected chi connectivity index (χ3v) is 13.3. The molecule has 0 saturated heterocycles. The molecule has 0 heterocycles. The molecule has 248 valence electrons. The Morgan fingerprint density at radius 2 is 0.488 bits per heavy atom. The summed E-state index contributed by atoms with van der Waals surface area (Å²) in [4.78, 5) is 0. The third-order valence-electron chi connectivity index (χ3n) is 7.82. The van der Waals surface area contributed by atoms with E-state index in [9.17, 15) is 0 Å².